The van der Waals surface area contributed by atoms with Gasteiger partial charge in [-0.05, 0) is 39.7 Å². The molecule has 2 amide bonds. The Bertz CT molecular complexity index is 391. The van der Waals surface area contributed by atoms with Gasteiger partial charge in [-0.3, -0.25) is 4.79 Å². The molecule has 0 heterocycles. The Hall–Kier alpha value is -1.83. The van der Waals surface area contributed by atoms with Crippen molar-refractivity contribution in [1.82, 2.24) is 16.0 Å². The van der Waals surface area contributed by atoms with Crippen molar-refractivity contribution in [1.29, 1.82) is 0 Å². The van der Waals surface area contributed by atoms with Crippen molar-refractivity contribution in [2.75, 3.05) is 20.2 Å². The predicted molar refractivity (Wildman–Crippen MR) is 89.1 cm³/mol. The summed E-state index contributed by atoms with van der Waals surface area (Å²) < 4.78 is 5.15. The van der Waals surface area contributed by atoms with E-state index in [0.717, 1.165) is 0 Å². The van der Waals surface area contributed by atoms with Crippen LogP contribution in [0.5, 0.6) is 0 Å². The van der Waals surface area contributed by atoms with Gasteiger partial charge in [-0.25, -0.2) is 4.79 Å². The van der Waals surface area contributed by atoms with Crippen LogP contribution < -0.4 is 16.0 Å². The number of rotatable bonds is 9. The first-order valence-corrected chi connectivity index (χ1v) is 7.72. The molecule has 8 nitrogen and oxygen atoms in total. The molecule has 0 saturated carbocycles. The summed E-state index contributed by atoms with van der Waals surface area (Å²) in [5, 5.41) is 12.3. The molecule has 3 N–H and O–H groups in total. The van der Waals surface area contributed by atoms with Crippen LogP contribution in [0.2, 0.25) is 0 Å². The van der Waals surface area contributed by atoms with E-state index in [1.54, 1.807) is 0 Å². The number of hydrogen-bond donors (Lipinski definition) is 3. The van der Waals surface area contributed by atoms with E-state index < -0.39 is 11.7 Å². The maximum Gasteiger partial charge on any atom is 0.407 e. The molecule has 0 radical (unpaired) electrons. The Morgan fingerprint density at radius 1 is 1.26 bits per heavy atom. The lowest BCUT2D eigenvalue weighted by Gasteiger charge is -2.23. The normalized spacial score (nSPS) is 13.4. The molecule has 0 spiro atoms. The fourth-order valence-corrected chi connectivity index (χ4v) is 1.83. The quantitative estimate of drug-likeness (QED) is 0.194. The van der Waals surface area contributed by atoms with Gasteiger partial charge in [0.25, 0.3) is 0 Å². The Labute approximate surface area is 138 Å². The zero-order chi connectivity index (χ0) is 17.9. The van der Waals surface area contributed by atoms with E-state index in [1.165, 1.54) is 7.11 Å². The first kappa shape index (κ1) is 21.2. The summed E-state index contributed by atoms with van der Waals surface area (Å²) in [7, 11) is 1.43. The van der Waals surface area contributed by atoms with Gasteiger partial charge in [-0.1, -0.05) is 19.0 Å². The van der Waals surface area contributed by atoms with E-state index >= 15 is 0 Å². The van der Waals surface area contributed by atoms with Crippen LogP contribution in [-0.4, -0.2) is 50.2 Å². The summed E-state index contributed by atoms with van der Waals surface area (Å²) in [6.07, 6.45) is 0.852. The smallest absolute Gasteiger partial charge is 0.407 e. The third-order valence-corrected chi connectivity index (χ3v) is 2.74. The monoisotopic (exact) mass is 330 g/mol. The van der Waals surface area contributed by atoms with Crippen LogP contribution in [0.25, 0.3) is 0 Å². The lowest BCUT2D eigenvalue weighted by Crippen LogP contribution is -2.48. The summed E-state index contributed by atoms with van der Waals surface area (Å²) in [4.78, 5) is 26.9. The molecular weight excluding hydrogens is 300 g/mol. The summed E-state index contributed by atoms with van der Waals surface area (Å²) >= 11 is 0. The first-order chi connectivity index (χ1) is 10.7. The number of nitrogens with zero attached hydrogens (tertiary/aromatic N) is 1. The summed E-state index contributed by atoms with van der Waals surface area (Å²) in [5.41, 5.74) is -0.503. The highest BCUT2D eigenvalue weighted by molar-refractivity contribution is 5.94. The Morgan fingerprint density at radius 3 is 2.39 bits per heavy atom. The van der Waals surface area contributed by atoms with Gasteiger partial charge in [0.1, 0.15) is 12.7 Å². The van der Waals surface area contributed by atoms with Crippen molar-refractivity contribution in [2.24, 2.45) is 11.1 Å². The summed E-state index contributed by atoms with van der Waals surface area (Å²) in [6, 6.07) is -0.151. The van der Waals surface area contributed by atoms with Crippen molar-refractivity contribution >= 4 is 18.3 Å². The van der Waals surface area contributed by atoms with Crippen LogP contribution >= 0.6 is 0 Å². The number of alkyl carbamates (subject to hydrolysis) is 1. The van der Waals surface area contributed by atoms with Gasteiger partial charge in [0.05, 0.1) is 6.04 Å². The van der Waals surface area contributed by atoms with Gasteiger partial charge < -0.3 is 25.5 Å². The molecule has 134 valence electrons. The molecule has 0 aliphatic carbocycles. The topological polar surface area (TPSA) is 101 Å². The molecule has 0 aromatic carbocycles. The minimum absolute atomic E-state index is 0.151. The second-order valence-corrected chi connectivity index (χ2v) is 6.38. The maximum atomic E-state index is 11.5. The Balaban J connectivity index is 4.22. The zero-order valence-corrected chi connectivity index (χ0v) is 14.9. The van der Waals surface area contributed by atoms with Crippen molar-refractivity contribution < 1.29 is 19.2 Å². The minimum atomic E-state index is -0.503. The molecule has 0 fully saturated rings. The summed E-state index contributed by atoms with van der Waals surface area (Å²) in [5.74, 6) is 0.632. The molecule has 0 bridgehead atoms. The number of hydrogen-bond acceptors (Lipinski definition) is 6. The number of carbonyl (C=O) groups is 2. The molecule has 1 unspecified atom stereocenters. The number of amides is 2. The number of nitrogens with one attached hydrogen (secondary N) is 3. The maximum absolute atomic E-state index is 11.5. The van der Waals surface area contributed by atoms with E-state index in [-0.39, 0.29) is 12.0 Å². The highest BCUT2D eigenvalue weighted by atomic mass is 16.6. The van der Waals surface area contributed by atoms with Crippen LogP contribution in [0.3, 0.4) is 0 Å². The number of carbonyl (C=O) groups excluding carboxylic acids is 2. The van der Waals surface area contributed by atoms with Crippen LogP contribution in [-0.2, 0) is 14.4 Å². The van der Waals surface area contributed by atoms with E-state index in [0.29, 0.717) is 31.8 Å². The summed E-state index contributed by atoms with van der Waals surface area (Å²) in [6.45, 7) is 10.6. The molecule has 0 aromatic heterocycles. The van der Waals surface area contributed by atoms with E-state index in [2.05, 4.69) is 21.1 Å². The van der Waals surface area contributed by atoms with Crippen molar-refractivity contribution in [3.05, 3.63) is 0 Å². The average molecular weight is 330 g/mol. The highest BCUT2D eigenvalue weighted by Crippen LogP contribution is 2.06. The van der Waals surface area contributed by atoms with Gasteiger partial charge >= 0.3 is 6.09 Å². The molecule has 0 rings (SSSR count). The largest absolute Gasteiger partial charge is 0.444 e. The zero-order valence-electron chi connectivity index (χ0n) is 14.9. The molecule has 8 heteroatoms. The van der Waals surface area contributed by atoms with Gasteiger partial charge in [0.2, 0.25) is 6.41 Å². The van der Waals surface area contributed by atoms with Crippen LogP contribution in [0, 0.1) is 5.92 Å². The van der Waals surface area contributed by atoms with E-state index in [4.69, 9.17) is 9.57 Å². The van der Waals surface area contributed by atoms with Crippen molar-refractivity contribution in [3.63, 3.8) is 0 Å². The van der Waals surface area contributed by atoms with Gasteiger partial charge in [-0.15, -0.1) is 0 Å². The predicted octanol–water partition coefficient (Wildman–Crippen LogP) is 1.22. The van der Waals surface area contributed by atoms with Crippen LogP contribution in [0.15, 0.2) is 5.16 Å². The van der Waals surface area contributed by atoms with Gasteiger partial charge in [0, 0.05) is 6.54 Å². The van der Waals surface area contributed by atoms with Gasteiger partial charge in [-0.2, -0.15) is 0 Å². The van der Waals surface area contributed by atoms with Gasteiger partial charge in [0.15, 0.2) is 5.84 Å². The fourth-order valence-electron chi connectivity index (χ4n) is 1.83. The Kier molecular flexibility index (Phi) is 9.96. The second-order valence-electron chi connectivity index (χ2n) is 6.38. The fraction of sp³-hybridized carbons (Fsp3) is 0.800. The molecule has 1 atom stereocenters. The highest BCUT2D eigenvalue weighted by Gasteiger charge is 2.20. The standard InChI is InChI=1S/C15H30N4O4/c1-11(2)12(13(18-10-20)19-22-6)16-8-7-9-17-14(21)23-15(3,4)5/h10-12,16H,7-9H2,1-6H3,(H,17,21)(H,18,19,20). The minimum Gasteiger partial charge on any atom is -0.444 e. The average Bonchev–Trinajstić information content (AvgIpc) is 2.40. The lowest BCUT2D eigenvalue weighted by atomic mass is 10.0. The second kappa shape index (κ2) is 10.8. The van der Waals surface area contributed by atoms with E-state index in [1.807, 2.05) is 34.6 Å². The molecule has 0 aliphatic heterocycles. The molecule has 0 aliphatic rings. The number of amidine groups is 1. The van der Waals surface area contributed by atoms with E-state index in [9.17, 15) is 9.59 Å². The van der Waals surface area contributed by atoms with Crippen LogP contribution in [0.4, 0.5) is 4.79 Å². The number of oxime groups is 1. The molecular formula is C15H30N4O4. The molecule has 23 heavy (non-hydrogen) atoms. The third-order valence-electron chi connectivity index (χ3n) is 2.74. The lowest BCUT2D eigenvalue weighted by molar-refractivity contribution is -0.108. The third kappa shape index (κ3) is 10.5. The van der Waals surface area contributed by atoms with Crippen molar-refractivity contribution in [3.8, 4) is 0 Å². The number of ether oxygens (including phenoxy) is 1. The Morgan fingerprint density at radius 2 is 1.91 bits per heavy atom. The molecule has 0 aromatic rings. The van der Waals surface area contributed by atoms with Crippen molar-refractivity contribution in [2.45, 2.75) is 52.7 Å². The van der Waals surface area contributed by atoms with Crippen LogP contribution in [0.1, 0.15) is 41.0 Å². The first-order valence-electron chi connectivity index (χ1n) is 7.72. The SMILES string of the molecule is CO/N=C(\NC=O)C(NCCCNC(=O)OC(C)(C)C)C(C)C. The molecule has 0 saturated heterocycles.